The molecule has 3 aromatic rings. The highest BCUT2D eigenvalue weighted by atomic mass is 16.5. The predicted molar refractivity (Wildman–Crippen MR) is 154 cm³/mol. The van der Waals surface area contributed by atoms with Gasteiger partial charge in [-0.05, 0) is 47.1 Å². The highest BCUT2D eigenvalue weighted by Crippen LogP contribution is 2.28. The number of aliphatic imine (C=N–C) groups is 1. The second-order valence-electron chi connectivity index (χ2n) is 10.2. The summed E-state index contributed by atoms with van der Waals surface area (Å²) in [6.07, 6.45) is 0.856. The summed E-state index contributed by atoms with van der Waals surface area (Å²) in [5, 5.41) is 7.78. The summed E-state index contributed by atoms with van der Waals surface area (Å²) in [5.41, 5.74) is 19.8. The van der Waals surface area contributed by atoms with Gasteiger partial charge in [-0.1, -0.05) is 72.8 Å². The molecule has 3 aromatic carbocycles. The number of benzene rings is 3. The second kappa shape index (κ2) is 13.2. The second-order valence-corrected chi connectivity index (χ2v) is 10.2. The molecule has 0 radical (unpaired) electrons. The quantitative estimate of drug-likeness (QED) is 0.198. The molecular weight excluding hydrogens is 492 g/mol. The van der Waals surface area contributed by atoms with Gasteiger partial charge in [-0.2, -0.15) is 0 Å². The van der Waals surface area contributed by atoms with E-state index in [-0.39, 0.29) is 35.8 Å². The monoisotopic (exact) mass is 530 g/mol. The number of rotatable bonds is 10. The molecule has 4 rings (SSSR count). The number of nitrogens with one attached hydrogen (secondary N) is 2. The van der Waals surface area contributed by atoms with E-state index in [0.29, 0.717) is 32.2 Å². The summed E-state index contributed by atoms with van der Waals surface area (Å²) >= 11 is 0. The van der Waals surface area contributed by atoms with Gasteiger partial charge in [0, 0.05) is 26.1 Å². The van der Waals surface area contributed by atoms with Crippen LogP contribution < -0.4 is 27.8 Å². The van der Waals surface area contributed by atoms with Crippen LogP contribution in [0.25, 0.3) is 10.8 Å². The number of carbonyl (C=O) groups excluding carboxylic acids is 2. The molecule has 8 N–H and O–H groups in total. The lowest BCUT2D eigenvalue weighted by Crippen LogP contribution is -2.54. The summed E-state index contributed by atoms with van der Waals surface area (Å²) in [4.78, 5) is 30.5. The maximum absolute atomic E-state index is 13.5. The van der Waals surface area contributed by atoms with E-state index < -0.39 is 12.1 Å². The first-order valence-electron chi connectivity index (χ1n) is 13.3. The van der Waals surface area contributed by atoms with Crippen LogP contribution in [0.15, 0.2) is 77.8 Å². The Morgan fingerprint density at radius 3 is 2.38 bits per heavy atom. The lowest BCUT2D eigenvalue weighted by Gasteiger charge is -2.37. The van der Waals surface area contributed by atoms with Crippen molar-refractivity contribution in [3.05, 3.63) is 83.9 Å². The van der Waals surface area contributed by atoms with E-state index in [0.717, 1.165) is 21.9 Å². The number of hydrogen-bond donors (Lipinski definition) is 5. The molecule has 39 heavy (non-hydrogen) atoms. The minimum Gasteiger partial charge on any atom is -0.370 e. The third kappa shape index (κ3) is 7.78. The van der Waals surface area contributed by atoms with Crippen LogP contribution in [-0.4, -0.2) is 55.7 Å². The van der Waals surface area contributed by atoms with E-state index in [2.05, 4.69) is 15.6 Å². The van der Waals surface area contributed by atoms with Crippen molar-refractivity contribution in [3.8, 4) is 0 Å². The topological polar surface area (TPSA) is 158 Å². The molecule has 1 heterocycles. The van der Waals surface area contributed by atoms with E-state index in [4.69, 9.17) is 21.9 Å². The van der Waals surface area contributed by atoms with Gasteiger partial charge in [-0.3, -0.25) is 14.6 Å². The number of nitrogens with zero attached hydrogens (tertiary/aromatic N) is 1. The molecule has 0 bridgehead atoms. The number of hydrogen-bond acceptors (Lipinski definition) is 5. The van der Waals surface area contributed by atoms with Crippen molar-refractivity contribution in [3.63, 3.8) is 0 Å². The Balaban J connectivity index is 1.48. The molecule has 1 fully saturated rings. The Labute approximate surface area is 229 Å². The van der Waals surface area contributed by atoms with Gasteiger partial charge >= 0.3 is 0 Å². The fourth-order valence-electron chi connectivity index (χ4n) is 5.15. The maximum atomic E-state index is 13.5. The van der Waals surface area contributed by atoms with Gasteiger partial charge < -0.3 is 32.6 Å². The van der Waals surface area contributed by atoms with Gasteiger partial charge in [0.05, 0.1) is 6.10 Å². The first-order chi connectivity index (χ1) is 18.8. The summed E-state index contributed by atoms with van der Waals surface area (Å²) < 4.78 is 6.26. The Morgan fingerprint density at radius 1 is 0.949 bits per heavy atom. The molecule has 0 aliphatic carbocycles. The minimum atomic E-state index is -0.784. The standard InChI is InChI=1S/C30H38N6O3/c1-34-28(37)25(15-20-11-12-22-9-5-6-10-23(22)13-20)36-29(38)27-17-21(18-35-30(32)33)16-26(39-27)24(31)14-19-7-3-2-4-8-19/h2-13,21,24-27H,14-18,31H2,1H3,(H,34,37)(H,36,38)(H4,32,33,35)/t21?,24-,25+,26-,27+/m1/s1. The average Bonchev–Trinajstić information content (AvgIpc) is 2.95. The smallest absolute Gasteiger partial charge is 0.249 e. The number of likely N-dealkylation sites (N-methyl/N-ethyl adjacent to an activating group) is 1. The Bertz CT molecular complexity index is 1290. The van der Waals surface area contributed by atoms with Crippen molar-refractivity contribution in [1.82, 2.24) is 10.6 Å². The fraction of sp³-hybridized carbons (Fsp3) is 0.367. The molecule has 9 nitrogen and oxygen atoms in total. The first-order valence-corrected chi connectivity index (χ1v) is 13.3. The molecule has 1 aliphatic heterocycles. The van der Waals surface area contributed by atoms with Crippen LogP contribution in [-0.2, 0) is 27.2 Å². The highest BCUT2D eigenvalue weighted by Gasteiger charge is 2.37. The molecule has 0 spiro atoms. The van der Waals surface area contributed by atoms with Crippen LogP contribution in [0.5, 0.6) is 0 Å². The SMILES string of the molecule is CNC(=O)[C@H](Cc1ccc2ccccc2c1)NC(=O)[C@@H]1CC(CN=C(N)N)C[C@H]([C@H](N)Cc2ccccc2)O1. The van der Waals surface area contributed by atoms with Crippen LogP contribution >= 0.6 is 0 Å². The van der Waals surface area contributed by atoms with Gasteiger partial charge in [0.25, 0.3) is 0 Å². The number of nitrogens with two attached hydrogens (primary N) is 3. The van der Waals surface area contributed by atoms with Crippen molar-refractivity contribution >= 4 is 28.5 Å². The average molecular weight is 531 g/mol. The molecule has 5 atom stereocenters. The fourth-order valence-corrected chi connectivity index (χ4v) is 5.15. The summed E-state index contributed by atoms with van der Waals surface area (Å²) in [5.74, 6) is -0.623. The molecule has 206 valence electrons. The zero-order valence-corrected chi connectivity index (χ0v) is 22.3. The van der Waals surface area contributed by atoms with Crippen LogP contribution in [0.1, 0.15) is 24.0 Å². The number of ether oxygens (including phenoxy) is 1. The summed E-state index contributed by atoms with van der Waals surface area (Å²) in [6, 6.07) is 22.9. The van der Waals surface area contributed by atoms with Crippen molar-refractivity contribution in [2.45, 2.75) is 50.0 Å². The van der Waals surface area contributed by atoms with Gasteiger partial charge in [0.1, 0.15) is 12.1 Å². The lowest BCUT2D eigenvalue weighted by atomic mass is 9.87. The largest absolute Gasteiger partial charge is 0.370 e. The maximum Gasteiger partial charge on any atom is 0.249 e. The van der Waals surface area contributed by atoms with Crippen LogP contribution in [0.3, 0.4) is 0 Å². The molecule has 1 saturated heterocycles. The van der Waals surface area contributed by atoms with Crippen LogP contribution in [0, 0.1) is 5.92 Å². The normalized spacial score (nSPS) is 20.5. The molecule has 0 aromatic heterocycles. The Kier molecular flexibility index (Phi) is 9.51. The predicted octanol–water partition coefficient (Wildman–Crippen LogP) is 1.62. The van der Waals surface area contributed by atoms with Gasteiger partial charge in [0.2, 0.25) is 11.8 Å². The van der Waals surface area contributed by atoms with Crippen molar-refractivity contribution in [1.29, 1.82) is 0 Å². The van der Waals surface area contributed by atoms with Crippen LogP contribution in [0.2, 0.25) is 0 Å². The zero-order chi connectivity index (χ0) is 27.8. The summed E-state index contributed by atoms with van der Waals surface area (Å²) in [6.45, 7) is 0.375. The number of guanidine groups is 1. The van der Waals surface area contributed by atoms with Gasteiger partial charge in [-0.25, -0.2) is 0 Å². The van der Waals surface area contributed by atoms with E-state index in [1.807, 2.05) is 72.8 Å². The van der Waals surface area contributed by atoms with E-state index in [9.17, 15) is 9.59 Å². The van der Waals surface area contributed by atoms with Crippen molar-refractivity contribution in [2.75, 3.05) is 13.6 Å². The van der Waals surface area contributed by atoms with Crippen LogP contribution in [0.4, 0.5) is 0 Å². The zero-order valence-electron chi connectivity index (χ0n) is 22.3. The molecule has 1 aliphatic rings. The van der Waals surface area contributed by atoms with Gasteiger partial charge in [-0.15, -0.1) is 0 Å². The minimum absolute atomic E-state index is 0.00219. The van der Waals surface area contributed by atoms with Crippen molar-refractivity contribution < 1.29 is 14.3 Å². The van der Waals surface area contributed by atoms with E-state index >= 15 is 0 Å². The molecule has 0 saturated carbocycles. The number of carbonyl (C=O) groups is 2. The molecule has 1 unspecified atom stereocenters. The molecule has 9 heteroatoms. The lowest BCUT2D eigenvalue weighted by molar-refractivity contribution is -0.148. The third-order valence-electron chi connectivity index (χ3n) is 7.20. The molecular formula is C30H38N6O3. The first kappa shape index (κ1) is 28.1. The molecule has 2 amide bonds. The van der Waals surface area contributed by atoms with Crippen molar-refractivity contribution in [2.24, 2.45) is 28.1 Å². The third-order valence-corrected chi connectivity index (χ3v) is 7.20. The highest BCUT2D eigenvalue weighted by molar-refractivity contribution is 5.90. The van der Waals surface area contributed by atoms with Gasteiger partial charge in [0.15, 0.2) is 5.96 Å². The van der Waals surface area contributed by atoms with E-state index in [1.54, 1.807) is 7.05 Å². The summed E-state index contributed by atoms with van der Waals surface area (Å²) in [7, 11) is 1.56. The van der Waals surface area contributed by atoms with E-state index in [1.165, 1.54) is 0 Å². The number of fused-ring (bicyclic) bond motifs is 1. The Morgan fingerprint density at radius 2 is 1.67 bits per heavy atom. The Hall–Kier alpha value is -3.95. The number of amides is 2.